The molecule has 0 bridgehead atoms. The standard InChI is InChI=1S/C13H24N2O2/c1-2-17-10-13(16)15(12-5-6-12)9-11-4-3-7-14-8-11/h11-12,14H,2-10H2,1H3. The van der Waals surface area contributed by atoms with Crippen LogP contribution in [-0.2, 0) is 9.53 Å². The molecule has 0 aromatic carbocycles. The van der Waals surface area contributed by atoms with Crippen LogP contribution in [0.25, 0.3) is 0 Å². The van der Waals surface area contributed by atoms with Crippen LogP contribution >= 0.6 is 0 Å². The van der Waals surface area contributed by atoms with Gasteiger partial charge in [0.2, 0.25) is 5.91 Å². The molecule has 17 heavy (non-hydrogen) atoms. The van der Waals surface area contributed by atoms with Crippen molar-refractivity contribution in [1.29, 1.82) is 0 Å². The van der Waals surface area contributed by atoms with Gasteiger partial charge in [-0.05, 0) is 51.6 Å². The zero-order valence-corrected chi connectivity index (χ0v) is 10.8. The predicted octanol–water partition coefficient (Wildman–Crippen LogP) is 1.01. The number of rotatable bonds is 6. The second-order valence-corrected chi connectivity index (χ2v) is 5.13. The number of carbonyl (C=O) groups is 1. The van der Waals surface area contributed by atoms with E-state index in [0.717, 1.165) is 19.6 Å². The number of ether oxygens (including phenoxy) is 1. The van der Waals surface area contributed by atoms with Crippen LogP contribution in [0.5, 0.6) is 0 Å². The number of hydrogen-bond acceptors (Lipinski definition) is 3. The largest absolute Gasteiger partial charge is 0.372 e. The summed E-state index contributed by atoms with van der Waals surface area (Å²) in [6.07, 6.45) is 4.84. The Morgan fingerprint density at radius 2 is 2.24 bits per heavy atom. The molecule has 1 aliphatic carbocycles. The Balaban J connectivity index is 1.81. The second kappa shape index (κ2) is 6.36. The summed E-state index contributed by atoms with van der Waals surface area (Å²) in [5.74, 6) is 0.815. The lowest BCUT2D eigenvalue weighted by molar-refractivity contribution is -0.137. The van der Waals surface area contributed by atoms with Crippen molar-refractivity contribution in [3.63, 3.8) is 0 Å². The van der Waals surface area contributed by atoms with Gasteiger partial charge in [0.1, 0.15) is 6.61 Å². The molecule has 4 nitrogen and oxygen atoms in total. The van der Waals surface area contributed by atoms with Crippen LogP contribution in [0.4, 0.5) is 0 Å². The van der Waals surface area contributed by atoms with Crippen molar-refractivity contribution in [3.8, 4) is 0 Å². The van der Waals surface area contributed by atoms with Crippen LogP contribution in [0, 0.1) is 5.92 Å². The van der Waals surface area contributed by atoms with E-state index in [9.17, 15) is 4.79 Å². The van der Waals surface area contributed by atoms with Crippen LogP contribution in [0.2, 0.25) is 0 Å². The first-order valence-electron chi connectivity index (χ1n) is 6.89. The van der Waals surface area contributed by atoms with Crippen molar-refractivity contribution in [2.24, 2.45) is 5.92 Å². The maximum atomic E-state index is 12.0. The molecule has 1 saturated carbocycles. The molecular formula is C13H24N2O2. The molecule has 2 aliphatic rings. The molecule has 98 valence electrons. The summed E-state index contributed by atoms with van der Waals surface area (Å²) in [7, 11) is 0. The highest BCUT2D eigenvalue weighted by atomic mass is 16.5. The molecule has 0 aromatic heterocycles. The van der Waals surface area contributed by atoms with Gasteiger partial charge in [-0.15, -0.1) is 0 Å². The lowest BCUT2D eigenvalue weighted by atomic mass is 9.99. The van der Waals surface area contributed by atoms with Crippen molar-refractivity contribution in [2.75, 3.05) is 32.8 Å². The first-order valence-corrected chi connectivity index (χ1v) is 6.89. The predicted molar refractivity (Wildman–Crippen MR) is 66.8 cm³/mol. The number of carbonyl (C=O) groups excluding carboxylic acids is 1. The number of piperidine rings is 1. The molecule has 1 atom stereocenters. The van der Waals surface area contributed by atoms with Crippen LogP contribution in [0.1, 0.15) is 32.6 Å². The molecule has 2 rings (SSSR count). The van der Waals surface area contributed by atoms with Gasteiger partial charge in [-0.1, -0.05) is 0 Å². The summed E-state index contributed by atoms with van der Waals surface area (Å²) in [6.45, 7) is 5.92. The van der Waals surface area contributed by atoms with E-state index in [2.05, 4.69) is 10.2 Å². The van der Waals surface area contributed by atoms with Crippen molar-refractivity contribution in [3.05, 3.63) is 0 Å². The number of hydrogen-bond donors (Lipinski definition) is 1. The Hall–Kier alpha value is -0.610. The van der Waals surface area contributed by atoms with Crippen molar-refractivity contribution in [2.45, 2.75) is 38.6 Å². The molecular weight excluding hydrogens is 216 g/mol. The lowest BCUT2D eigenvalue weighted by Crippen LogP contribution is -2.43. The second-order valence-electron chi connectivity index (χ2n) is 5.13. The van der Waals surface area contributed by atoms with Gasteiger partial charge in [0, 0.05) is 19.2 Å². The Labute approximate surface area is 104 Å². The minimum absolute atomic E-state index is 0.180. The van der Waals surface area contributed by atoms with E-state index >= 15 is 0 Å². The molecule has 0 spiro atoms. The maximum absolute atomic E-state index is 12.0. The third-order valence-electron chi connectivity index (χ3n) is 3.59. The summed E-state index contributed by atoms with van der Waals surface area (Å²) < 4.78 is 5.24. The Bertz CT molecular complexity index is 248. The molecule has 1 N–H and O–H groups in total. The Morgan fingerprint density at radius 3 is 2.82 bits per heavy atom. The molecule has 0 aromatic rings. The molecule has 4 heteroatoms. The van der Waals surface area contributed by atoms with Crippen molar-refractivity contribution >= 4 is 5.91 Å². The summed E-state index contributed by atoms with van der Waals surface area (Å²) in [5.41, 5.74) is 0. The van der Waals surface area contributed by atoms with Gasteiger partial charge in [0.05, 0.1) is 0 Å². The summed E-state index contributed by atoms with van der Waals surface area (Å²) in [6, 6.07) is 0.505. The van der Waals surface area contributed by atoms with Gasteiger partial charge >= 0.3 is 0 Å². The van der Waals surface area contributed by atoms with Gasteiger partial charge in [-0.3, -0.25) is 4.79 Å². The minimum Gasteiger partial charge on any atom is -0.372 e. The van der Waals surface area contributed by atoms with Gasteiger partial charge in [0.15, 0.2) is 0 Å². The van der Waals surface area contributed by atoms with Crippen molar-refractivity contribution < 1.29 is 9.53 Å². The lowest BCUT2D eigenvalue weighted by Gasteiger charge is -2.30. The van der Waals surface area contributed by atoms with Crippen LogP contribution in [0.15, 0.2) is 0 Å². The van der Waals surface area contributed by atoms with Crippen LogP contribution in [0.3, 0.4) is 0 Å². The quantitative estimate of drug-likeness (QED) is 0.753. The molecule has 1 amide bonds. The smallest absolute Gasteiger partial charge is 0.248 e. The molecule has 1 aliphatic heterocycles. The summed E-state index contributed by atoms with van der Waals surface area (Å²) in [4.78, 5) is 14.1. The number of nitrogens with zero attached hydrogens (tertiary/aromatic N) is 1. The van der Waals surface area contributed by atoms with Gasteiger partial charge in [-0.25, -0.2) is 0 Å². The van der Waals surface area contributed by atoms with E-state index in [4.69, 9.17) is 4.74 Å². The average Bonchev–Trinajstić information content (AvgIpc) is 3.18. The zero-order valence-electron chi connectivity index (χ0n) is 10.8. The summed E-state index contributed by atoms with van der Waals surface area (Å²) in [5, 5.41) is 3.41. The monoisotopic (exact) mass is 240 g/mol. The topological polar surface area (TPSA) is 41.6 Å². The van der Waals surface area contributed by atoms with Gasteiger partial charge in [-0.2, -0.15) is 0 Å². The summed E-state index contributed by atoms with van der Waals surface area (Å²) >= 11 is 0. The van der Waals surface area contributed by atoms with Gasteiger partial charge < -0.3 is 15.0 Å². The zero-order chi connectivity index (χ0) is 12.1. The number of amides is 1. The van der Waals surface area contributed by atoms with E-state index in [0.29, 0.717) is 18.6 Å². The SMILES string of the molecule is CCOCC(=O)N(CC1CCCNC1)C1CC1. The van der Waals surface area contributed by atoms with E-state index in [1.54, 1.807) is 0 Å². The third-order valence-corrected chi connectivity index (χ3v) is 3.59. The van der Waals surface area contributed by atoms with E-state index in [1.807, 2.05) is 6.92 Å². The molecule has 1 unspecified atom stereocenters. The first kappa shape index (κ1) is 12.8. The third kappa shape index (κ3) is 3.96. The van der Waals surface area contributed by atoms with Crippen molar-refractivity contribution in [1.82, 2.24) is 10.2 Å². The highest BCUT2D eigenvalue weighted by Gasteiger charge is 2.33. The minimum atomic E-state index is 0.180. The molecule has 2 fully saturated rings. The highest BCUT2D eigenvalue weighted by molar-refractivity contribution is 5.78. The normalized spacial score (nSPS) is 24.6. The fourth-order valence-electron chi connectivity index (χ4n) is 2.47. The van der Waals surface area contributed by atoms with E-state index < -0.39 is 0 Å². The average molecular weight is 240 g/mol. The van der Waals surface area contributed by atoms with E-state index in [-0.39, 0.29) is 12.5 Å². The van der Waals surface area contributed by atoms with Crippen LogP contribution in [-0.4, -0.2) is 49.7 Å². The van der Waals surface area contributed by atoms with E-state index in [1.165, 1.54) is 25.7 Å². The molecule has 0 radical (unpaired) electrons. The fraction of sp³-hybridized carbons (Fsp3) is 0.923. The highest BCUT2D eigenvalue weighted by Crippen LogP contribution is 2.28. The van der Waals surface area contributed by atoms with Gasteiger partial charge in [0.25, 0.3) is 0 Å². The Morgan fingerprint density at radius 1 is 1.41 bits per heavy atom. The Kier molecular flexibility index (Phi) is 4.80. The first-order chi connectivity index (χ1) is 8.31. The number of nitrogens with one attached hydrogen (secondary N) is 1. The fourth-order valence-corrected chi connectivity index (χ4v) is 2.47. The molecule has 1 saturated heterocycles. The maximum Gasteiger partial charge on any atom is 0.248 e. The van der Waals surface area contributed by atoms with Crippen LogP contribution < -0.4 is 5.32 Å². The molecule has 1 heterocycles.